The number of aliphatic hydroxyl groups excluding tert-OH is 1. The largest absolute Gasteiger partial charge is 0.491 e. The van der Waals surface area contributed by atoms with E-state index in [-0.39, 0.29) is 13.2 Å². The number of carbonyl (C=O) groups is 1. The summed E-state index contributed by atoms with van der Waals surface area (Å²) in [5.41, 5.74) is 5.29. The van der Waals surface area contributed by atoms with Gasteiger partial charge in [-0.3, -0.25) is 0 Å². The summed E-state index contributed by atoms with van der Waals surface area (Å²) in [6.45, 7) is 1.48. The number of benzene rings is 1. The summed E-state index contributed by atoms with van der Waals surface area (Å²) >= 11 is 0. The second kappa shape index (κ2) is 5.65. The van der Waals surface area contributed by atoms with E-state index in [1.807, 2.05) is 0 Å². The number of ether oxygens (including phenoxy) is 2. The Bertz CT molecular complexity index is 390. The molecule has 0 radical (unpaired) electrons. The van der Waals surface area contributed by atoms with Crippen molar-refractivity contribution in [3.05, 3.63) is 29.8 Å². The lowest BCUT2D eigenvalue weighted by Gasteiger charge is -2.21. The van der Waals surface area contributed by atoms with Crippen LogP contribution in [-0.2, 0) is 16.1 Å². The number of rotatable bonds is 5. The van der Waals surface area contributed by atoms with Crippen molar-refractivity contribution in [2.45, 2.75) is 19.1 Å². The van der Waals surface area contributed by atoms with Gasteiger partial charge in [-0.2, -0.15) is 0 Å². The van der Waals surface area contributed by atoms with Gasteiger partial charge in [0.15, 0.2) is 0 Å². The molecule has 0 aromatic heterocycles. The van der Waals surface area contributed by atoms with Crippen LogP contribution in [0, 0.1) is 0 Å². The first kappa shape index (κ1) is 13.5. The van der Waals surface area contributed by atoms with Gasteiger partial charge in [0.25, 0.3) is 0 Å². The van der Waals surface area contributed by atoms with E-state index < -0.39 is 11.5 Å². The van der Waals surface area contributed by atoms with Crippen LogP contribution >= 0.6 is 0 Å². The van der Waals surface area contributed by atoms with Crippen LogP contribution in [0.15, 0.2) is 24.3 Å². The minimum Gasteiger partial charge on any atom is -0.491 e. The molecule has 0 amide bonds. The zero-order chi connectivity index (χ0) is 12.9. The van der Waals surface area contributed by atoms with Gasteiger partial charge in [-0.15, -0.1) is 0 Å². The second-order valence-corrected chi connectivity index (χ2v) is 4.00. The lowest BCUT2D eigenvalue weighted by atomic mass is 10.1. The Morgan fingerprint density at radius 1 is 1.53 bits per heavy atom. The van der Waals surface area contributed by atoms with Crippen LogP contribution < -0.4 is 10.5 Å². The molecule has 0 aliphatic carbocycles. The van der Waals surface area contributed by atoms with Crippen molar-refractivity contribution in [3.63, 3.8) is 0 Å². The van der Waals surface area contributed by atoms with Gasteiger partial charge in [0.05, 0.1) is 13.7 Å². The summed E-state index contributed by atoms with van der Waals surface area (Å²) in [5.74, 6) is 0.0212. The molecule has 1 aromatic carbocycles. The lowest BCUT2D eigenvalue weighted by Crippen LogP contribution is -2.50. The topological polar surface area (TPSA) is 81.8 Å². The Labute approximate surface area is 100 Å². The molecular formula is C12H17NO4. The Balaban J connectivity index is 2.63. The molecule has 0 bridgehead atoms. The van der Waals surface area contributed by atoms with E-state index in [0.717, 1.165) is 5.56 Å². The van der Waals surface area contributed by atoms with E-state index in [1.165, 1.54) is 14.0 Å². The van der Waals surface area contributed by atoms with Crippen LogP contribution in [0.25, 0.3) is 0 Å². The zero-order valence-electron chi connectivity index (χ0n) is 9.97. The van der Waals surface area contributed by atoms with Gasteiger partial charge in [0.1, 0.15) is 17.9 Å². The standard InChI is InChI=1S/C12H17NO4/c1-12(13,11(15)16-2)8-17-10-5-3-4-9(6-10)7-14/h3-6,14H,7-8,13H2,1-2H3. The first-order chi connectivity index (χ1) is 7.99. The number of hydrogen-bond donors (Lipinski definition) is 2. The average molecular weight is 239 g/mol. The molecular weight excluding hydrogens is 222 g/mol. The smallest absolute Gasteiger partial charge is 0.329 e. The highest BCUT2D eigenvalue weighted by Gasteiger charge is 2.30. The third-order valence-electron chi connectivity index (χ3n) is 2.27. The van der Waals surface area contributed by atoms with Gasteiger partial charge < -0.3 is 20.3 Å². The van der Waals surface area contributed by atoms with Gasteiger partial charge >= 0.3 is 5.97 Å². The van der Waals surface area contributed by atoms with Crippen LogP contribution in [0.1, 0.15) is 12.5 Å². The summed E-state index contributed by atoms with van der Waals surface area (Å²) in [6.07, 6.45) is 0. The maximum Gasteiger partial charge on any atom is 0.329 e. The molecule has 0 spiro atoms. The summed E-state index contributed by atoms with van der Waals surface area (Å²) in [5, 5.41) is 8.96. The third kappa shape index (κ3) is 3.72. The predicted molar refractivity (Wildman–Crippen MR) is 62.5 cm³/mol. The monoisotopic (exact) mass is 239 g/mol. The van der Waals surface area contributed by atoms with Crippen LogP contribution in [0.5, 0.6) is 5.75 Å². The second-order valence-electron chi connectivity index (χ2n) is 4.00. The van der Waals surface area contributed by atoms with Crippen molar-refractivity contribution >= 4 is 5.97 Å². The minimum atomic E-state index is -1.19. The zero-order valence-corrected chi connectivity index (χ0v) is 9.97. The van der Waals surface area contributed by atoms with E-state index >= 15 is 0 Å². The summed E-state index contributed by atoms with van der Waals surface area (Å²) in [4.78, 5) is 11.3. The first-order valence-electron chi connectivity index (χ1n) is 5.19. The number of aliphatic hydroxyl groups is 1. The highest BCUT2D eigenvalue weighted by molar-refractivity contribution is 5.80. The molecule has 5 heteroatoms. The fourth-order valence-electron chi connectivity index (χ4n) is 1.26. The number of carbonyl (C=O) groups excluding carboxylic acids is 1. The quantitative estimate of drug-likeness (QED) is 0.729. The molecule has 0 aliphatic rings. The molecule has 0 saturated carbocycles. The molecule has 0 aliphatic heterocycles. The van der Waals surface area contributed by atoms with Crippen molar-refractivity contribution in [2.24, 2.45) is 5.73 Å². The molecule has 1 unspecified atom stereocenters. The molecule has 1 atom stereocenters. The SMILES string of the molecule is COC(=O)C(C)(N)COc1cccc(CO)c1. The fourth-order valence-corrected chi connectivity index (χ4v) is 1.26. The molecule has 0 fully saturated rings. The average Bonchev–Trinajstić information content (AvgIpc) is 2.35. The first-order valence-corrected chi connectivity index (χ1v) is 5.19. The molecule has 0 heterocycles. The Morgan fingerprint density at radius 2 is 2.24 bits per heavy atom. The number of methoxy groups -OCH3 is 1. The summed E-state index contributed by atoms with van der Waals surface area (Å²) < 4.78 is 9.96. The Kier molecular flexibility index (Phi) is 4.48. The molecule has 3 N–H and O–H groups in total. The van der Waals surface area contributed by atoms with Crippen molar-refractivity contribution in [1.82, 2.24) is 0 Å². The van der Waals surface area contributed by atoms with Crippen molar-refractivity contribution in [1.29, 1.82) is 0 Å². The predicted octanol–water partition coefficient (Wildman–Crippen LogP) is 0.448. The van der Waals surface area contributed by atoms with Gasteiger partial charge in [-0.1, -0.05) is 12.1 Å². The van der Waals surface area contributed by atoms with Crippen LogP contribution in [0.4, 0.5) is 0 Å². The number of nitrogens with two attached hydrogens (primary N) is 1. The maximum absolute atomic E-state index is 11.3. The van der Waals surface area contributed by atoms with Crippen molar-refractivity contribution < 1.29 is 19.4 Å². The molecule has 94 valence electrons. The van der Waals surface area contributed by atoms with Crippen LogP contribution in [-0.4, -0.2) is 30.3 Å². The Hall–Kier alpha value is -1.59. The van der Waals surface area contributed by atoms with Crippen LogP contribution in [0.3, 0.4) is 0 Å². The maximum atomic E-state index is 11.3. The highest BCUT2D eigenvalue weighted by Crippen LogP contribution is 2.15. The highest BCUT2D eigenvalue weighted by atomic mass is 16.5. The van der Waals surface area contributed by atoms with E-state index in [4.69, 9.17) is 15.6 Å². The number of hydrogen-bond acceptors (Lipinski definition) is 5. The molecule has 1 aromatic rings. The molecule has 1 rings (SSSR count). The lowest BCUT2D eigenvalue weighted by molar-refractivity contribution is -0.147. The van der Waals surface area contributed by atoms with Crippen molar-refractivity contribution in [2.75, 3.05) is 13.7 Å². The van der Waals surface area contributed by atoms with Gasteiger partial charge in [-0.25, -0.2) is 4.79 Å². The molecule has 0 saturated heterocycles. The fraction of sp³-hybridized carbons (Fsp3) is 0.417. The van der Waals surface area contributed by atoms with Gasteiger partial charge in [0.2, 0.25) is 0 Å². The summed E-state index contributed by atoms with van der Waals surface area (Å²) in [6, 6.07) is 6.95. The van der Waals surface area contributed by atoms with E-state index in [2.05, 4.69) is 4.74 Å². The van der Waals surface area contributed by atoms with Crippen LogP contribution in [0.2, 0.25) is 0 Å². The molecule has 17 heavy (non-hydrogen) atoms. The minimum absolute atomic E-state index is 0.00849. The number of esters is 1. The van der Waals surface area contributed by atoms with E-state index in [9.17, 15) is 4.79 Å². The third-order valence-corrected chi connectivity index (χ3v) is 2.27. The summed E-state index contributed by atoms with van der Waals surface area (Å²) in [7, 11) is 1.28. The van der Waals surface area contributed by atoms with Crippen molar-refractivity contribution in [3.8, 4) is 5.75 Å². The van der Waals surface area contributed by atoms with E-state index in [1.54, 1.807) is 24.3 Å². The van der Waals surface area contributed by atoms with Gasteiger partial charge in [-0.05, 0) is 24.6 Å². The van der Waals surface area contributed by atoms with E-state index in [0.29, 0.717) is 5.75 Å². The Morgan fingerprint density at radius 3 is 2.82 bits per heavy atom. The molecule has 5 nitrogen and oxygen atoms in total. The van der Waals surface area contributed by atoms with Gasteiger partial charge in [0, 0.05) is 0 Å². The normalized spacial score (nSPS) is 13.9.